The van der Waals surface area contributed by atoms with Gasteiger partial charge in [0.2, 0.25) is 10.0 Å². The van der Waals surface area contributed by atoms with Crippen LogP contribution >= 0.6 is 0 Å². The van der Waals surface area contributed by atoms with Gasteiger partial charge < -0.3 is 0 Å². The molecule has 1 heterocycles. The second kappa shape index (κ2) is 6.05. The summed E-state index contributed by atoms with van der Waals surface area (Å²) >= 11 is 0. The van der Waals surface area contributed by atoms with E-state index in [1.165, 1.54) is 11.4 Å². The minimum absolute atomic E-state index is 0.136. The maximum absolute atomic E-state index is 12.3. The highest BCUT2D eigenvalue weighted by molar-refractivity contribution is 7.89. The highest BCUT2D eigenvalue weighted by Crippen LogP contribution is 2.22. The van der Waals surface area contributed by atoms with Crippen molar-refractivity contribution in [2.75, 3.05) is 25.9 Å². The number of hydrogen-bond donors (Lipinski definition) is 0. The molecule has 0 saturated carbocycles. The van der Waals surface area contributed by atoms with Crippen LogP contribution in [0.25, 0.3) is 0 Å². The van der Waals surface area contributed by atoms with Crippen molar-refractivity contribution < 1.29 is 18.0 Å². The number of benzene rings is 1. The average molecular weight is 338 g/mol. The molecule has 1 aromatic rings. The zero-order chi connectivity index (χ0) is 17.4. The number of sulfonamides is 1. The van der Waals surface area contributed by atoms with Crippen molar-refractivity contribution in [1.82, 2.24) is 9.21 Å². The van der Waals surface area contributed by atoms with Gasteiger partial charge in [-0.1, -0.05) is 32.9 Å². The predicted molar refractivity (Wildman–Crippen MR) is 87.7 cm³/mol. The minimum Gasteiger partial charge on any atom is -0.273 e. The molecule has 1 aromatic carbocycles. The largest absolute Gasteiger partial charge is 0.273 e. The molecule has 0 atom stereocenters. The van der Waals surface area contributed by atoms with E-state index >= 15 is 0 Å². The Morgan fingerprint density at radius 3 is 1.96 bits per heavy atom. The molecule has 0 aliphatic carbocycles. The molecule has 126 valence electrons. The third-order valence-corrected chi connectivity index (χ3v) is 5.40. The van der Waals surface area contributed by atoms with E-state index in [1.54, 1.807) is 24.3 Å². The standard InChI is InChI=1S/C16H22N2O4S/c1-16(2,3)11-17(4)23(21,22)10-9-18-14(19)12-7-5-6-8-13(12)15(18)20/h5-8H,9-11H2,1-4H3. The normalized spacial score (nSPS) is 15.4. The van der Waals surface area contributed by atoms with Crippen LogP contribution in [0.5, 0.6) is 0 Å². The Morgan fingerprint density at radius 1 is 1.04 bits per heavy atom. The molecule has 0 fully saturated rings. The third kappa shape index (κ3) is 3.79. The van der Waals surface area contributed by atoms with Gasteiger partial charge in [0.15, 0.2) is 0 Å². The summed E-state index contributed by atoms with van der Waals surface area (Å²) in [5.74, 6) is -1.14. The van der Waals surface area contributed by atoms with E-state index in [1.807, 2.05) is 20.8 Å². The third-order valence-electron chi connectivity index (χ3n) is 3.62. The molecule has 2 rings (SSSR count). The minimum atomic E-state index is -3.53. The van der Waals surface area contributed by atoms with Crippen molar-refractivity contribution in [3.63, 3.8) is 0 Å². The summed E-state index contributed by atoms with van der Waals surface area (Å²) in [6.07, 6.45) is 0. The van der Waals surface area contributed by atoms with Crippen LogP contribution in [0.1, 0.15) is 41.5 Å². The molecule has 0 unspecified atom stereocenters. The van der Waals surface area contributed by atoms with Gasteiger partial charge in [-0.2, -0.15) is 0 Å². The lowest BCUT2D eigenvalue weighted by Crippen LogP contribution is -2.40. The molecule has 0 saturated heterocycles. The summed E-state index contributed by atoms with van der Waals surface area (Å²) in [6, 6.07) is 6.52. The van der Waals surface area contributed by atoms with Crippen LogP contribution in [0.4, 0.5) is 0 Å². The number of nitrogens with zero attached hydrogens (tertiary/aromatic N) is 2. The number of fused-ring (bicyclic) bond motifs is 1. The molecular formula is C16H22N2O4S. The lowest BCUT2D eigenvalue weighted by atomic mass is 9.97. The van der Waals surface area contributed by atoms with Crippen molar-refractivity contribution in [3.05, 3.63) is 35.4 Å². The van der Waals surface area contributed by atoms with Crippen molar-refractivity contribution in [3.8, 4) is 0 Å². The highest BCUT2D eigenvalue weighted by atomic mass is 32.2. The Balaban J connectivity index is 2.07. The lowest BCUT2D eigenvalue weighted by Gasteiger charge is -2.26. The first kappa shape index (κ1) is 17.6. The SMILES string of the molecule is CN(CC(C)(C)C)S(=O)(=O)CCN1C(=O)c2ccccc2C1=O. The van der Waals surface area contributed by atoms with Crippen LogP contribution in [0.15, 0.2) is 24.3 Å². The van der Waals surface area contributed by atoms with Gasteiger partial charge in [0.25, 0.3) is 11.8 Å². The first-order valence-corrected chi connectivity index (χ1v) is 9.03. The number of rotatable bonds is 5. The van der Waals surface area contributed by atoms with Gasteiger partial charge in [0.1, 0.15) is 0 Å². The second-order valence-electron chi connectivity index (χ2n) is 6.94. The van der Waals surface area contributed by atoms with Crippen LogP contribution in [-0.4, -0.2) is 55.3 Å². The Hall–Kier alpha value is -1.73. The molecule has 0 spiro atoms. The maximum Gasteiger partial charge on any atom is 0.261 e. The number of imide groups is 1. The topological polar surface area (TPSA) is 74.8 Å². The summed E-state index contributed by atoms with van der Waals surface area (Å²) in [5.41, 5.74) is 0.494. The molecule has 0 radical (unpaired) electrons. The number of hydrogen-bond acceptors (Lipinski definition) is 4. The van der Waals surface area contributed by atoms with E-state index in [2.05, 4.69) is 0 Å². The molecular weight excluding hydrogens is 316 g/mol. The molecule has 1 aliphatic heterocycles. The smallest absolute Gasteiger partial charge is 0.261 e. The number of carbonyl (C=O) groups excluding carboxylic acids is 2. The average Bonchev–Trinajstić information content (AvgIpc) is 2.68. The molecule has 6 nitrogen and oxygen atoms in total. The summed E-state index contributed by atoms with van der Waals surface area (Å²) in [7, 11) is -2.01. The Labute approximate surface area is 137 Å². The Kier molecular flexibility index (Phi) is 4.64. The van der Waals surface area contributed by atoms with Crippen molar-refractivity contribution in [1.29, 1.82) is 0 Å². The fourth-order valence-corrected chi connectivity index (χ4v) is 3.88. The molecule has 0 bridgehead atoms. The molecule has 1 aliphatic rings. The number of carbonyl (C=O) groups is 2. The van der Waals surface area contributed by atoms with Crippen molar-refractivity contribution in [2.45, 2.75) is 20.8 Å². The van der Waals surface area contributed by atoms with Gasteiger partial charge in [-0.05, 0) is 17.5 Å². The quantitative estimate of drug-likeness (QED) is 0.764. The van der Waals surface area contributed by atoms with Crippen molar-refractivity contribution in [2.24, 2.45) is 5.41 Å². The van der Waals surface area contributed by atoms with E-state index < -0.39 is 21.8 Å². The maximum atomic E-state index is 12.3. The first-order chi connectivity index (χ1) is 10.5. The molecule has 2 amide bonds. The highest BCUT2D eigenvalue weighted by Gasteiger charge is 2.36. The first-order valence-electron chi connectivity index (χ1n) is 7.42. The Bertz CT molecular complexity index is 700. The molecule has 0 N–H and O–H groups in total. The molecule has 0 aromatic heterocycles. The van der Waals surface area contributed by atoms with Gasteiger partial charge in [-0.15, -0.1) is 0 Å². The summed E-state index contributed by atoms with van der Waals surface area (Å²) < 4.78 is 25.9. The fourth-order valence-electron chi connectivity index (χ4n) is 2.57. The van der Waals surface area contributed by atoms with Gasteiger partial charge >= 0.3 is 0 Å². The van der Waals surface area contributed by atoms with Crippen LogP contribution in [0.3, 0.4) is 0 Å². The zero-order valence-electron chi connectivity index (χ0n) is 13.9. The summed E-state index contributed by atoms with van der Waals surface area (Å²) in [4.78, 5) is 25.4. The molecule has 23 heavy (non-hydrogen) atoms. The lowest BCUT2D eigenvalue weighted by molar-refractivity contribution is 0.0663. The van der Waals surface area contributed by atoms with E-state index in [0.29, 0.717) is 17.7 Å². The van der Waals surface area contributed by atoms with Crippen LogP contribution in [-0.2, 0) is 10.0 Å². The van der Waals surface area contributed by atoms with Crippen LogP contribution in [0, 0.1) is 5.41 Å². The predicted octanol–water partition coefficient (Wildman–Crippen LogP) is 1.59. The van der Waals surface area contributed by atoms with E-state index in [-0.39, 0.29) is 17.7 Å². The van der Waals surface area contributed by atoms with E-state index in [0.717, 1.165) is 4.90 Å². The van der Waals surface area contributed by atoms with Crippen molar-refractivity contribution >= 4 is 21.8 Å². The zero-order valence-corrected chi connectivity index (χ0v) is 14.7. The van der Waals surface area contributed by atoms with E-state index in [9.17, 15) is 18.0 Å². The van der Waals surface area contributed by atoms with Gasteiger partial charge in [-0.3, -0.25) is 14.5 Å². The second-order valence-corrected chi connectivity index (χ2v) is 9.14. The number of amides is 2. The van der Waals surface area contributed by atoms with Gasteiger partial charge in [-0.25, -0.2) is 12.7 Å². The monoisotopic (exact) mass is 338 g/mol. The molecule has 7 heteroatoms. The summed E-state index contributed by atoms with van der Waals surface area (Å²) in [5, 5.41) is 0. The van der Waals surface area contributed by atoms with Gasteiger partial charge in [0, 0.05) is 20.1 Å². The Morgan fingerprint density at radius 2 is 1.52 bits per heavy atom. The fraction of sp³-hybridized carbons (Fsp3) is 0.500. The van der Waals surface area contributed by atoms with E-state index in [4.69, 9.17) is 0 Å². The van der Waals surface area contributed by atoms with Crippen LogP contribution in [0.2, 0.25) is 0 Å². The van der Waals surface area contributed by atoms with Crippen LogP contribution < -0.4 is 0 Å². The summed E-state index contributed by atoms with van der Waals surface area (Å²) in [6.45, 7) is 6.08. The van der Waals surface area contributed by atoms with Gasteiger partial charge in [0.05, 0.1) is 16.9 Å².